The average molecular weight is 423 g/mol. The monoisotopic (exact) mass is 423 g/mol. The maximum Gasteiger partial charge on any atom is 0.127 e. The highest BCUT2D eigenvalue weighted by atomic mass is 31.1. The van der Waals surface area contributed by atoms with Crippen molar-refractivity contribution in [1.82, 2.24) is 0 Å². The molecule has 0 amide bonds. The first kappa shape index (κ1) is 21.0. The van der Waals surface area contributed by atoms with Crippen LogP contribution in [-0.4, -0.2) is 5.71 Å². The summed E-state index contributed by atoms with van der Waals surface area (Å²) in [6.45, 7) is 4.83. The van der Waals surface area contributed by atoms with Crippen molar-refractivity contribution in [1.29, 1.82) is 0 Å². The lowest BCUT2D eigenvalue weighted by Crippen LogP contribution is -2.17. The van der Waals surface area contributed by atoms with Gasteiger partial charge in [-0.3, -0.25) is 4.99 Å². The Labute approximate surface area is 186 Å². The second-order valence-corrected chi connectivity index (χ2v) is 8.71. The summed E-state index contributed by atoms with van der Waals surface area (Å²) >= 11 is 0. The van der Waals surface area contributed by atoms with Crippen LogP contribution < -0.4 is 15.3 Å². The highest BCUT2D eigenvalue weighted by Crippen LogP contribution is 2.24. The van der Waals surface area contributed by atoms with Gasteiger partial charge in [0.05, 0.1) is 5.69 Å². The van der Waals surface area contributed by atoms with Gasteiger partial charge in [0, 0.05) is 16.6 Å². The van der Waals surface area contributed by atoms with E-state index in [1.54, 1.807) is 0 Å². The molecule has 0 saturated carbocycles. The normalized spacial score (nSPS) is 11.7. The van der Waals surface area contributed by atoms with Crippen LogP contribution >= 0.6 is 8.58 Å². The molecule has 0 heterocycles. The topological polar surface area (TPSA) is 21.6 Å². The molecule has 154 valence electrons. The van der Waals surface area contributed by atoms with Crippen LogP contribution in [0.4, 0.5) is 5.69 Å². The summed E-state index contributed by atoms with van der Waals surface area (Å²) in [4.78, 5) is 4.86. The van der Waals surface area contributed by atoms with Crippen LogP contribution in [-0.2, 0) is 6.61 Å². The summed E-state index contributed by atoms with van der Waals surface area (Å²) in [6, 6.07) is 35.2. The first-order chi connectivity index (χ1) is 15.2. The van der Waals surface area contributed by atoms with Crippen LogP contribution in [0, 0.1) is 6.92 Å². The van der Waals surface area contributed by atoms with E-state index in [9.17, 15) is 0 Å². The maximum absolute atomic E-state index is 6.21. The highest BCUT2D eigenvalue weighted by molar-refractivity contribution is 7.56. The molecule has 1 unspecified atom stereocenters. The number of nitrogens with zero attached hydrogens (tertiary/aromatic N) is 1. The first-order valence-electron chi connectivity index (χ1n) is 10.4. The molecule has 0 aliphatic carbocycles. The van der Waals surface area contributed by atoms with Crippen LogP contribution in [0.3, 0.4) is 0 Å². The second kappa shape index (κ2) is 10.2. The van der Waals surface area contributed by atoms with Crippen LogP contribution in [0.25, 0.3) is 0 Å². The number of rotatable bonds is 7. The zero-order chi connectivity index (χ0) is 21.5. The number of ether oxygens (including phenoxy) is 1. The van der Waals surface area contributed by atoms with Gasteiger partial charge in [-0.05, 0) is 48.5 Å². The third-order valence-electron chi connectivity index (χ3n) is 5.10. The summed E-state index contributed by atoms with van der Waals surface area (Å²) < 4.78 is 6.21. The van der Waals surface area contributed by atoms with Gasteiger partial charge in [0.25, 0.3) is 0 Å². The van der Waals surface area contributed by atoms with E-state index in [0.717, 1.165) is 17.1 Å². The zero-order valence-corrected chi connectivity index (χ0v) is 18.9. The van der Waals surface area contributed by atoms with Crippen molar-refractivity contribution >= 4 is 30.6 Å². The Morgan fingerprint density at radius 3 is 2.23 bits per heavy atom. The van der Waals surface area contributed by atoms with Gasteiger partial charge < -0.3 is 4.74 Å². The van der Waals surface area contributed by atoms with Crippen molar-refractivity contribution in [2.75, 3.05) is 0 Å². The number of para-hydroxylation sites is 2. The zero-order valence-electron chi connectivity index (χ0n) is 17.9. The van der Waals surface area contributed by atoms with Crippen molar-refractivity contribution in [3.8, 4) is 5.75 Å². The molecule has 0 bridgehead atoms. The van der Waals surface area contributed by atoms with Crippen molar-refractivity contribution in [2.45, 2.75) is 20.5 Å². The molecule has 0 fully saturated rings. The molecule has 0 aliphatic heterocycles. The number of aryl methyl sites for hydroxylation is 1. The predicted molar refractivity (Wildman–Crippen MR) is 134 cm³/mol. The van der Waals surface area contributed by atoms with E-state index in [-0.39, 0.29) is 0 Å². The summed E-state index contributed by atoms with van der Waals surface area (Å²) in [5, 5.41) is 2.52. The number of hydrogen-bond donors (Lipinski definition) is 0. The van der Waals surface area contributed by atoms with Crippen LogP contribution in [0.1, 0.15) is 23.6 Å². The summed E-state index contributed by atoms with van der Waals surface area (Å²) in [5.41, 5.74) is 5.64. The van der Waals surface area contributed by atoms with E-state index < -0.39 is 0 Å². The van der Waals surface area contributed by atoms with Crippen molar-refractivity contribution in [3.63, 3.8) is 0 Å². The van der Waals surface area contributed by atoms with Crippen LogP contribution in [0.5, 0.6) is 5.75 Å². The lowest BCUT2D eigenvalue weighted by atomic mass is 10.1. The van der Waals surface area contributed by atoms with Gasteiger partial charge in [-0.2, -0.15) is 0 Å². The van der Waals surface area contributed by atoms with Gasteiger partial charge >= 0.3 is 0 Å². The molecule has 0 saturated heterocycles. The van der Waals surface area contributed by atoms with Crippen LogP contribution in [0.15, 0.2) is 108 Å². The van der Waals surface area contributed by atoms with Gasteiger partial charge in [-0.25, -0.2) is 0 Å². The minimum absolute atomic E-state index is 0.488. The maximum atomic E-state index is 6.21. The molecule has 0 spiro atoms. The molecular formula is C28H26NOP. The van der Waals surface area contributed by atoms with Gasteiger partial charge in [0.2, 0.25) is 0 Å². The van der Waals surface area contributed by atoms with Crippen molar-refractivity contribution in [3.05, 3.63) is 120 Å². The summed E-state index contributed by atoms with van der Waals surface area (Å²) in [5.74, 6) is 0.941. The molecule has 2 nitrogen and oxygen atoms in total. The molecule has 0 aliphatic rings. The van der Waals surface area contributed by atoms with Gasteiger partial charge in [0.1, 0.15) is 12.4 Å². The van der Waals surface area contributed by atoms with E-state index in [1.165, 1.54) is 27.3 Å². The number of benzene rings is 4. The standard InChI is InChI=1S/C28H26NOP/c1-21-12-11-17-25(22(2)29-24-15-7-4-8-16-24)28(21)31-27-19-10-9-18-26(27)30-20-23-13-5-3-6-14-23/h3-19,31H,20H2,1-2H3. The van der Waals surface area contributed by atoms with Crippen molar-refractivity contribution < 1.29 is 4.74 Å². The third-order valence-corrected chi connectivity index (χ3v) is 6.70. The molecule has 4 rings (SSSR count). The fraction of sp³-hybridized carbons (Fsp3) is 0.107. The fourth-order valence-corrected chi connectivity index (χ4v) is 4.86. The molecule has 31 heavy (non-hydrogen) atoms. The van der Waals surface area contributed by atoms with E-state index >= 15 is 0 Å². The molecule has 0 radical (unpaired) electrons. The third kappa shape index (κ3) is 5.48. The molecule has 3 heteroatoms. The Kier molecular flexibility index (Phi) is 6.92. The van der Waals surface area contributed by atoms with Gasteiger partial charge in [-0.15, -0.1) is 0 Å². The van der Waals surface area contributed by atoms with Gasteiger partial charge in [-0.1, -0.05) is 93.5 Å². The average Bonchev–Trinajstić information content (AvgIpc) is 2.81. The molecule has 4 aromatic rings. The number of hydrogen-bond acceptors (Lipinski definition) is 2. The molecule has 0 aromatic heterocycles. The molecular weight excluding hydrogens is 397 g/mol. The van der Waals surface area contributed by atoms with E-state index in [4.69, 9.17) is 9.73 Å². The summed E-state index contributed by atoms with van der Waals surface area (Å²) in [7, 11) is 0.488. The highest BCUT2D eigenvalue weighted by Gasteiger charge is 2.12. The Balaban J connectivity index is 1.62. The Morgan fingerprint density at radius 1 is 0.774 bits per heavy atom. The second-order valence-electron chi connectivity index (χ2n) is 7.43. The van der Waals surface area contributed by atoms with E-state index in [2.05, 4.69) is 62.4 Å². The number of aliphatic imine (C=N–C) groups is 1. The SMILES string of the molecule is CC(=Nc1ccccc1)c1cccc(C)c1Pc1ccccc1OCc1ccccc1. The minimum atomic E-state index is 0.488. The Hall–Kier alpha value is -3.22. The lowest BCUT2D eigenvalue weighted by molar-refractivity contribution is 0.309. The van der Waals surface area contributed by atoms with E-state index in [0.29, 0.717) is 15.2 Å². The van der Waals surface area contributed by atoms with Crippen LogP contribution in [0.2, 0.25) is 0 Å². The summed E-state index contributed by atoms with van der Waals surface area (Å²) in [6.07, 6.45) is 0. The fourth-order valence-electron chi connectivity index (χ4n) is 3.46. The van der Waals surface area contributed by atoms with Crippen molar-refractivity contribution in [2.24, 2.45) is 4.99 Å². The Bertz CT molecular complexity index is 1170. The predicted octanol–water partition coefficient (Wildman–Crippen LogP) is 6.34. The molecule has 1 atom stereocenters. The first-order valence-corrected chi connectivity index (χ1v) is 11.4. The van der Waals surface area contributed by atoms with Gasteiger partial charge in [0.15, 0.2) is 0 Å². The smallest absolute Gasteiger partial charge is 0.127 e. The Morgan fingerprint density at radius 2 is 1.45 bits per heavy atom. The minimum Gasteiger partial charge on any atom is -0.488 e. The quantitative estimate of drug-likeness (QED) is 0.251. The molecule has 4 aromatic carbocycles. The molecule has 0 N–H and O–H groups in total. The lowest BCUT2D eigenvalue weighted by Gasteiger charge is -2.16. The van der Waals surface area contributed by atoms with E-state index in [1.807, 2.05) is 54.6 Å². The largest absolute Gasteiger partial charge is 0.488 e.